The molecule has 0 aliphatic heterocycles. The molecule has 0 aliphatic carbocycles. The van der Waals surface area contributed by atoms with E-state index in [9.17, 15) is 4.79 Å². The fourth-order valence-electron chi connectivity index (χ4n) is 1.28. The summed E-state index contributed by atoms with van der Waals surface area (Å²) in [7, 11) is 0. The van der Waals surface area contributed by atoms with Gasteiger partial charge in [-0.3, -0.25) is 0 Å². The Balaban J connectivity index is 2.28. The minimum Gasteiger partial charge on any atom is -0.477 e. The number of carbonyl (C=O) groups is 1. The predicted molar refractivity (Wildman–Crippen MR) is 70.4 cm³/mol. The zero-order valence-corrected chi connectivity index (χ0v) is 11.3. The molecule has 2 aromatic rings. The Labute approximate surface area is 116 Å². The van der Waals surface area contributed by atoms with E-state index in [4.69, 9.17) is 21.4 Å². The number of rotatable bonds is 3. The molecular formula is C12H7BrClNO3. The molecule has 0 fully saturated rings. The molecule has 92 valence electrons. The predicted octanol–water partition coefficient (Wildman–Crippen LogP) is 3.99. The Hall–Kier alpha value is -1.59. The first-order chi connectivity index (χ1) is 8.56. The van der Waals surface area contributed by atoms with Gasteiger partial charge in [-0.15, -0.1) is 0 Å². The van der Waals surface area contributed by atoms with Gasteiger partial charge < -0.3 is 9.84 Å². The summed E-state index contributed by atoms with van der Waals surface area (Å²) in [6.07, 6.45) is 1.37. The van der Waals surface area contributed by atoms with Crippen LogP contribution in [0.15, 0.2) is 41.0 Å². The highest BCUT2D eigenvalue weighted by atomic mass is 79.9. The van der Waals surface area contributed by atoms with E-state index in [0.29, 0.717) is 16.5 Å². The molecule has 1 N–H and O–H groups in total. The Kier molecular flexibility index (Phi) is 3.84. The summed E-state index contributed by atoms with van der Waals surface area (Å²) < 4.78 is 6.33. The Morgan fingerprint density at radius 1 is 1.33 bits per heavy atom. The smallest absolute Gasteiger partial charge is 0.354 e. The van der Waals surface area contributed by atoms with E-state index < -0.39 is 5.97 Å². The SMILES string of the molecule is O=C(O)c1cc(Oc2ccc(Br)cc2Cl)ccn1. The molecule has 2 rings (SSSR count). The van der Waals surface area contributed by atoms with E-state index in [1.54, 1.807) is 24.3 Å². The zero-order chi connectivity index (χ0) is 13.1. The number of nitrogens with zero attached hydrogens (tertiary/aromatic N) is 1. The molecule has 0 saturated heterocycles. The number of hydrogen-bond acceptors (Lipinski definition) is 3. The molecule has 1 heterocycles. The number of aromatic carboxylic acids is 1. The molecule has 18 heavy (non-hydrogen) atoms. The normalized spacial score (nSPS) is 10.1. The van der Waals surface area contributed by atoms with Crippen LogP contribution in [0.2, 0.25) is 5.02 Å². The minimum absolute atomic E-state index is 0.0827. The molecule has 0 saturated carbocycles. The number of benzene rings is 1. The van der Waals surface area contributed by atoms with Crippen LogP contribution in [0.25, 0.3) is 0 Å². The van der Waals surface area contributed by atoms with Gasteiger partial charge >= 0.3 is 5.97 Å². The van der Waals surface area contributed by atoms with E-state index in [1.165, 1.54) is 12.3 Å². The average molecular weight is 329 g/mol. The van der Waals surface area contributed by atoms with Crippen LogP contribution in [0.3, 0.4) is 0 Å². The van der Waals surface area contributed by atoms with Crippen LogP contribution in [0, 0.1) is 0 Å². The van der Waals surface area contributed by atoms with Gasteiger partial charge in [-0.1, -0.05) is 27.5 Å². The molecule has 0 bridgehead atoms. The lowest BCUT2D eigenvalue weighted by molar-refractivity contribution is 0.0690. The van der Waals surface area contributed by atoms with Crippen molar-refractivity contribution >= 4 is 33.5 Å². The minimum atomic E-state index is -1.11. The molecule has 0 unspecified atom stereocenters. The summed E-state index contributed by atoms with van der Waals surface area (Å²) in [4.78, 5) is 14.5. The number of carboxylic acids is 1. The van der Waals surface area contributed by atoms with Gasteiger partial charge in [0.2, 0.25) is 0 Å². The first-order valence-electron chi connectivity index (χ1n) is 4.88. The monoisotopic (exact) mass is 327 g/mol. The first-order valence-corrected chi connectivity index (χ1v) is 6.05. The van der Waals surface area contributed by atoms with Crippen LogP contribution in [0.4, 0.5) is 0 Å². The number of aromatic nitrogens is 1. The molecule has 0 radical (unpaired) electrons. The third-order valence-corrected chi connectivity index (χ3v) is 2.86. The zero-order valence-electron chi connectivity index (χ0n) is 8.93. The number of hydrogen-bond donors (Lipinski definition) is 1. The lowest BCUT2D eigenvalue weighted by Gasteiger charge is -2.07. The Morgan fingerprint density at radius 2 is 2.11 bits per heavy atom. The number of halogens is 2. The van der Waals surface area contributed by atoms with Crippen molar-refractivity contribution in [3.05, 3.63) is 51.7 Å². The van der Waals surface area contributed by atoms with E-state index in [0.717, 1.165) is 4.47 Å². The van der Waals surface area contributed by atoms with Crippen LogP contribution in [-0.4, -0.2) is 16.1 Å². The molecule has 0 amide bonds. The third-order valence-electron chi connectivity index (χ3n) is 2.07. The number of ether oxygens (including phenoxy) is 1. The Bertz CT molecular complexity index is 604. The highest BCUT2D eigenvalue weighted by Gasteiger charge is 2.08. The van der Waals surface area contributed by atoms with Crippen LogP contribution in [0.5, 0.6) is 11.5 Å². The number of carboxylic acid groups (broad SMARTS) is 1. The van der Waals surface area contributed by atoms with Crippen LogP contribution in [0.1, 0.15) is 10.5 Å². The second kappa shape index (κ2) is 5.37. The lowest BCUT2D eigenvalue weighted by Crippen LogP contribution is -1.99. The maximum absolute atomic E-state index is 10.8. The third kappa shape index (κ3) is 3.00. The second-order valence-corrected chi connectivity index (χ2v) is 4.68. The molecule has 1 aromatic heterocycles. The molecule has 0 aliphatic rings. The van der Waals surface area contributed by atoms with Gasteiger partial charge in [0.15, 0.2) is 5.69 Å². The van der Waals surface area contributed by atoms with E-state index in [1.807, 2.05) is 0 Å². The van der Waals surface area contributed by atoms with Crippen molar-refractivity contribution in [3.8, 4) is 11.5 Å². The van der Waals surface area contributed by atoms with Crippen LogP contribution < -0.4 is 4.74 Å². The van der Waals surface area contributed by atoms with Gasteiger partial charge in [-0.05, 0) is 24.3 Å². The summed E-state index contributed by atoms with van der Waals surface area (Å²) in [5.74, 6) is -0.295. The molecule has 4 nitrogen and oxygen atoms in total. The van der Waals surface area contributed by atoms with Crippen molar-refractivity contribution in [2.45, 2.75) is 0 Å². The summed E-state index contributed by atoms with van der Waals surface area (Å²) in [5.41, 5.74) is -0.0827. The van der Waals surface area contributed by atoms with E-state index >= 15 is 0 Å². The van der Waals surface area contributed by atoms with Crippen LogP contribution in [-0.2, 0) is 0 Å². The van der Waals surface area contributed by atoms with E-state index in [-0.39, 0.29) is 5.69 Å². The molecular weight excluding hydrogens is 321 g/mol. The van der Waals surface area contributed by atoms with Crippen molar-refractivity contribution in [1.29, 1.82) is 0 Å². The van der Waals surface area contributed by atoms with Crippen molar-refractivity contribution in [2.24, 2.45) is 0 Å². The first kappa shape index (κ1) is 12.9. The van der Waals surface area contributed by atoms with Gasteiger partial charge in [-0.2, -0.15) is 0 Å². The lowest BCUT2D eigenvalue weighted by atomic mass is 10.3. The molecule has 0 atom stereocenters. The maximum atomic E-state index is 10.8. The molecule has 0 spiro atoms. The largest absolute Gasteiger partial charge is 0.477 e. The fraction of sp³-hybridized carbons (Fsp3) is 0. The standard InChI is InChI=1S/C12H7BrClNO3/c13-7-1-2-11(9(14)5-7)18-8-3-4-15-10(6-8)12(16)17/h1-6H,(H,16,17). The quantitative estimate of drug-likeness (QED) is 0.925. The Morgan fingerprint density at radius 3 is 2.78 bits per heavy atom. The van der Waals surface area contributed by atoms with Crippen LogP contribution >= 0.6 is 27.5 Å². The number of pyridine rings is 1. The highest BCUT2D eigenvalue weighted by molar-refractivity contribution is 9.10. The van der Waals surface area contributed by atoms with Gasteiger partial charge in [0, 0.05) is 16.7 Å². The highest BCUT2D eigenvalue weighted by Crippen LogP contribution is 2.31. The molecule has 1 aromatic carbocycles. The van der Waals surface area contributed by atoms with Gasteiger partial charge in [0.05, 0.1) is 5.02 Å². The van der Waals surface area contributed by atoms with Crippen molar-refractivity contribution in [2.75, 3.05) is 0 Å². The summed E-state index contributed by atoms with van der Waals surface area (Å²) in [6.45, 7) is 0. The van der Waals surface area contributed by atoms with Crippen molar-refractivity contribution < 1.29 is 14.6 Å². The van der Waals surface area contributed by atoms with Gasteiger partial charge in [0.1, 0.15) is 11.5 Å². The summed E-state index contributed by atoms with van der Waals surface area (Å²) >= 11 is 9.28. The average Bonchev–Trinajstić information content (AvgIpc) is 2.33. The van der Waals surface area contributed by atoms with Gasteiger partial charge in [0.25, 0.3) is 0 Å². The van der Waals surface area contributed by atoms with E-state index in [2.05, 4.69) is 20.9 Å². The topological polar surface area (TPSA) is 59.4 Å². The fourth-order valence-corrected chi connectivity index (χ4v) is 1.99. The summed E-state index contributed by atoms with van der Waals surface area (Å²) in [6, 6.07) is 8.05. The maximum Gasteiger partial charge on any atom is 0.354 e. The molecule has 6 heteroatoms. The van der Waals surface area contributed by atoms with Gasteiger partial charge in [-0.25, -0.2) is 9.78 Å². The second-order valence-electron chi connectivity index (χ2n) is 3.36. The summed E-state index contributed by atoms with van der Waals surface area (Å²) in [5, 5.41) is 9.24. The van der Waals surface area contributed by atoms with Crippen molar-refractivity contribution in [1.82, 2.24) is 4.98 Å². The van der Waals surface area contributed by atoms with Crippen molar-refractivity contribution in [3.63, 3.8) is 0 Å².